The molecule has 0 bridgehead atoms. The summed E-state index contributed by atoms with van der Waals surface area (Å²) in [5, 5.41) is 19.8. The molecule has 0 aliphatic heterocycles. The molecule has 0 aliphatic carbocycles. The number of fused-ring (bicyclic) bond motifs is 1. The normalized spacial score (nSPS) is 13.8. The van der Waals surface area contributed by atoms with Gasteiger partial charge in [-0.3, -0.25) is 19.7 Å². The largest absolute Gasteiger partial charge is 0.480 e. The number of aliphatic carboxylic acids is 1. The first-order valence-corrected chi connectivity index (χ1v) is 13.3. The van der Waals surface area contributed by atoms with E-state index in [1.54, 1.807) is 0 Å². The average molecular weight is 521 g/mol. The topological polar surface area (TPSA) is 123 Å². The number of aromatic nitrogens is 1. The van der Waals surface area contributed by atoms with Gasteiger partial charge in [0.25, 0.3) is 0 Å². The number of para-hydroxylation sites is 1. The fourth-order valence-electron chi connectivity index (χ4n) is 4.59. The molecule has 3 atom stereocenters. The van der Waals surface area contributed by atoms with E-state index in [4.69, 9.17) is 0 Å². The second-order valence-electron chi connectivity index (χ2n) is 10.7. The van der Waals surface area contributed by atoms with Gasteiger partial charge in [0.2, 0.25) is 11.8 Å². The molecule has 3 rings (SSSR count). The summed E-state index contributed by atoms with van der Waals surface area (Å²) in [6.07, 6.45) is 2.96. The van der Waals surface area contributed by atoms with Gasteiger partial charge in [-0.05, 0) is 48.3 Å². The van der Waals surface area contributed by atoms with Gasteiger partial charge in [-0.15, -0.1) is 0 Å². The quantitative estimate of drug-likeness (QED) is 0.220. The van der Waals surface area contributed by atoms with Crippen molar-refractivity contribution in [2.75, 3.05) is 0 Å². The van der Waals surface area contributed by atoms with Crippen molar-refractivity contribution in [3.05, 3.63) is 71.9 Å². The van der Waals surface area contributed by atoms with E-state index in [9.17, 15) is 19.5 Å². The third kappa shape index (κ3) is 8.45. The van der Waals surface area contributed by atoms with Crippen LogP contribution in [-0.4, -0.2) is 46.0 Å². The van der Waals surface area contributed by atoms with Crippen molar-refractivity contribution in [2.24, 2.45) is 11.8 Å². The number of rotatable bonds is 14. The standard InChI is InChI=1S/C30H40N4O4/c1-19(2)14-25(28(35)32-17-21-10-6-5-7-11-21)34-29(36)26(33-27(30(37)38)15-20(3)4)16-22-18-31-24-13-9-8-12-23(22)24/h5-13,18-20,25-27,31,33H,14-17H2,1-4H3,(H,32,35)(H,34,36)(H,37,38)/t25-,26-,27+/m0/s1. The lowest BCUT2D eigenvalue weighted by atomic mass is 9.98. The summed E-state index contributed by atoms with van der Waals surface area (Å²) >= 11 is 0. The number of nitrogens with one attached hydrogen (secondary N) is 4. The van der Waals surface area contributed by atoms with Gasteiger partial charge < -0.3 is 20.7 Å². The lowest BCUT2D eigenvalue weighted by molar-refractivity contribution is -0.140. The van der Waals surface area contributed by atoms with Crippen molar-refractivity contribution >= 4 is 28.7 Å². The first kappa shape index (κ1) is 28.9. The SMILES string of the molecule is CC(C)C[C@H](NC(=O)[C@H](Cc1c[nH]c2ccccc12)N[C@H](CC(C)C)C(=O)O)C(=O)NCc1ccccc1. The Morgan fingerprint density at radius 2 is 1.45 bits per heavy atom. The second kappa shape index (κ2) is 13.8. The average Bonchev–Trinajstić information content (AvgIpc) is 3.28. The van der Waals surface area contributed by atoms with Crippen molar-refractivity contribution < 1.29 is 19.5 Å². The van der Waals surface area contributed by atoms with Crippen molar-refractivity contribution in [3.63, 3.8) is 0 Å². The van der Waals surface area contributed by atoms with E-state index in [1.807, 2.05) is 88.5 Å². The highest BCUT2D eigenvalue weighted by Crippen LogP contribution is 2.20. The van der Waals surface area contributed by atoms with Gasteiger partial charge in [0, 0.05) is 23.6 Å². The molecule has 2 amide bonds. The Bertz CT molecular complexity index is 1210. The zero-order chi connectivity index (χ0) is 27.7. The fourth-order valence-corrected chi connectivity index (χ4v) is 4.59. The maximum atomic E-state index is 13.7. The molecular formula is C30H40N4O4. The molecule has 204 valence electrons. The van der Waals surface area contributed by atoms with Gasteiger partial charge in [-0.1, -0.05) is 76.2 Å². The number of carbonyl (C=O) groups is 3. The molecule has 5 N–H and O–H groups in total. The van der Waals surface area contributed by atoms with E-state index < -0.39 is 30.0 Å². The third-order valence-corrected chi connectivity index (χ3v) is 6.47. The van der Waals surface area contributed by atoms with Gasteiger partial charge in [-0.2, -0.15) is 0 Å². The molecule has 8 heteroatoms. The zero-order valence-corrected chi connectivity index (χ0v) is 22.7. The van der Waals surface area contributed by atoms with Crippen LogP contribution < -0.4 is 16.0 Å². The summed E-state index contributed by atoms with van der Waals surface area (Å²) in [6, 6.07) is 14.9. The smallest absolute Gasteiger partial charge is 0.320 e. The molecule has 0 radical (unpaired) electrons. The van der Waals surface area contributed by atoms with Crippen molar-refractivity contribution in [3.8, 4) is 0 Å². The monoisotopic (exact) mass is 520 g/mol. The van der Waals surface area contributed by atoms with Crippen LogP contribution >= 0.6 is 0 Å². The number of hydrogen-bond donors (Lipinski definition) is 5. The predicted molar refractivity (Wildman–Crippen MR) is 149 cm³/mol. The highest BCUT2D eigenvalue weighted by atomic mass is 16.4. The maximum Gasteiger partial charge on any atom is 0.320 e. The minimum absolute atomic E-state index is 0.123. The van der Waals surface area contributed by atoms with Gasteiger partial charge in [-0.25, -0.2) is 0 Å². The lowest BCUT2D eigenvalue weighted by Gasteiger charge is -2.27. The Morgan fingerprint density at radius 1 is 0.816 bits per heavy atom. The second-order valence-corrected chi connectivity index (χ2v) is 10.7. The number of H-pyrrole nitrogens is 1. The minimum Gasteiger partial charge on any atom is -0.480 e. The molecule has 8 nitrogen and oxygen atoms in total. The Morgan fingerprint density at radius 3 is 2.11 bits per heavy atom. The van der Waals surface area contributed by atoms with Gasteiger partial charge in [0.1, 0.15) is 12.1 Å². The number of aromatic amines is 1. The van der Waals surface area contributed by atoms with Gasteiger partial charge in [0.05, 0.1) is 6.04 Å². The van der Waals surface area contributed by atoms with Crippen LogP contribution in [0.2, 0.25) is 0 Å². The summed E-state index contributed by atoms with van der Waals surface area (Å²) < 4.78 is 0. The van der Waals surface area contributed by atoms with Gasteiger partial charge in [0.15, 0.2) is 0 Å². The van der Waals surface area contributed by atoms with E-state index in [0.717, 1.165) is 22.0 Å². The molecule has 0 saturated carbocycles. The number of hydrogen-bond acceptors (Lipinski definition) is 4. The zero-order valence-electron chi connectivity index (χ0n) is 22.7. The minimum atomic E-state index is -1.00. The summed E-state index contributed by atoms with van der Waals surface area (Å²) in [7, 11) is 0. The highest BCUT2D eigenvalue weighted by Gasteiger charge is 2.31. The molecule has 3 aromatic rings. The van der Waals surface area contributed by atoms with Crippen LogP contribution in [0.1, 0.15) is 51.7 Å². The van der Waals surface area contributed by atoms with Crippen molar-refractivity contribution in [2.45, 2.75) is 71.6 Å². The predicted octanol–water partition coefficient (Wildman–Crippen LogP) is 4.02. The third-order valence-electron chi connectivity index (χ3n) is 6.47. The highest BCUT2D eigenvalue weighted by molar-refractivity contribution is 5.91. The van der Waals surface area contributed by atoms with Crippen LogP contribution in [0, 0.1) is 11.8 Å². The molecule has 1 aromatic heterocycles. The molecular weight excluding hydrogens is 480 g/mol. The summed E-state index contributed by atoms with van der Waals surface area (Å²) in [5.41, 5.74) is 2.81. The van der Waals surface area contributed by atoms with Crippen LogP contribution in [0.5, 0.6) is 0 Å². The van der Waals surface area contributed by atoms with E-state index in [1.165, 1.54) is 0 Å². The molecule has 0 aliphatic rings. The van der Waals surface area contributed by atoms with Crippen LogP contribution in [0.25, 0.3) is 10.9 Å². The first-order valence-electron chi connectivity index (χ1n) is 13.3. The van der Waals surface area contributed by atoms with Gasteiger partial charge >= 0.3 is 5.97 Å². The lowest BCUT2D eigenvalue weighted by Crippen LogP contribution is -2.56. The number of carboxylic acids is 1. The van der Waals surface area contributed by atoms with Crippen molar-refractivity contribution in [1.82, 2.24) is 20.9 Å². The van der Waals surface area contributed by atoms with Crippen LogP contribution in [0.3, 0.4) is 0 Å². The summed E-state index contributed by atoms with van der Waals surface area (Å²) in [5.74, 6) is -1.38. The molecule has 0 fully saturated rings. The Hall–Kier alpha value is -3.65. The van der Waals surface area contributed by atoms with Crippen LogP contribution in [-0.2, 0) is 27.3 Å². The Kier molecular flexibility index (Phi) is 10.5. The fraction of sp³-hybridized carbons (Fsp3) is 0.433. The summed E-state index contributed by atoms with van der Waals surface area (Å²) in [4.78, 5) is 42.1. The van der Waals surface area contributed by atoms with E-state index in [-0.39, 0.29) is 24.2 Å². The van der Waals surface area contributed by atoms with E-state index in [0.29, 0.717) is 19.4 Å². The number of carbonyl (C=O) groups excluding carboxylic acids is 2. The van der Waals surface area contributed by atoms with Crippen LogP contribution in [0.4, 0.5) is 0 Å². The first-order chi connectivity index (χ1) is 18.1. The number of benzene rings is 2. The number of amides is 2. The van der Waals surface area contributed by atoms with E-state index >= 15 is 0 Å². The van der Waals surface area contributed by atoms with Crippen LogP contribution in [0.15, 0.2) is 60.8 Å². The molecule has 2 aromatic carbocycles. The Labute approximate surface area is 224 Å². The molecule has 0 spiro atoms. The molecule has 0 unspecified atom stereocenters. The van der Waals surface area contributed by atoms with Crippen molar-refractivity contribution in [1.29, 1.82) is 0 Å². The molecule has 38 heavy (non-hydrogen) atoms. The Balaban J connectivity index is 1.81. The molecule has 0 saturated heterocycles. The molecule has 1 heterocycles. The maximum absolute atomic E-state index is 13.7. The summed E-state index contributed by atoms with van der Waals surface area (Å²) in [6.45, 7) is 8.24. The van der Waals surface area contributed by atoms with E-state index in [2.05, 4.69) is 20.9 Å². The number of carboxylic acid groups (broad SMARTS) is 1.